The molecule has 1 amide bonds. The highest BCUT2D eigenvalue weighted by Gasteiger charge is 2.29. The fraction of sp³-hybridized carbons (Fsp3) is 0.533. The van der Waals surface area contributed by atoms with Gasteiger partial charge in [-0.05, 0) is 18.1 Å². The Hall–Kier alpha value is -1.40. The van der Waals surface area contributed by atoms with Crippen molar-refractivity contribution in [2.45, 2.75) is 31.2 Å². The third-order valence-corrected chi connectivity index (χ3v) is 5.46. The van der Waals surface area contributed by atoms with E-state index in [-0.39, 0.29) is 23.6 Å². The largest absolute Gasteiger partial charge is 0.355 e. The molecule has 0 radical (unpaired) electrons. The van der Waals surface area contributed by atoms with Gasteiger partial charge in [0.1, 0.15) is 0 Å². The van der Waals surface area contributed by atoms with E-state index in [9.17, 15) is 13.2 Å². The second-order valence-corrected chi connectivity index (χ2v) is 7.68. The summed E-state index contributed by atoms with van der Waals surface area (Å²) < 4.78 is 24.1. The molecule has 6 heteroatoms. The molecule has 21 heavy (non-hydrogen) atoms. The molecule has 1 aliphatic rings. The molecule has 116 valence electrons. The molecular weight excluding hydrogens is 288 g/mol. The molecule has 2 N–H and O–H groups in total. The van der Waals surface area contributed by atoms with E-state index in [1.807, 2.05) is 26.0 Å². The maximum atomic E-state index is 12.0. The monoisotopic (exact) mass is 310 g/mol. The van der Waals surface area contributed by atoms with Crippen molar-refractivity contribution < 1.29 is 13.2 Å². The SMILES string of the molecule is CC(C)C(=O)NCCNC1CCS(=O)(=O)c2ccccc21. The second-order valence-electron chi connectivity index (χ2n) is 5.60. The Morgan fingerprint density at radius 1 is 1.29 bits per heavy atom. The van der Waals surface area contributed by atoms with Gasteiger partial charge in [-0.15, -0.1) is 0 Å². The van der Waals surface area contributed by atoms with Crippen molar-refractivity contribution in [2.24, 2.45) is 5.92 Å². The average molecular weight is 310 g/mol. The molecule has 1 aromatic carbocycles. The molecule has 0 aromatic heterocycles. The van der Waals surface area contributed by atoms with Gasteiger partial charge in [-0.25, -0.2) is 8.42 Å². The number of hydrogen-bond acceptors (Lipinski definition) is 4. The summed E-state index contributed by atoms with van der Waals surface area (Å²) in [5.41, 5.74) is 0.832. The lowest BCUT2D eigenvalue weighted by Crippen LogP contribution is -2.37. The number of rotatable bonds is 5. The molecule has 0 bridgehead atoms. The van der Waals surface area contributed by atoms with Gasteiger partial charge in [-0.2, -0.15) is 0 Å². The van der Waals surface area contributed by atoms with Crippen molar-refractivity contribution in [3.8, 4) is 0 Å². The fourth-order valence-electron chi connectivity index (χ4n) is 2.44. The quantitative estimate of drug-likeness (QED) is 0.803. The van der Waals surface area contributed by atoms with Crippen molar-refractivity contribution in [1.82, 2.24) is 10.6 Å². The highest BCUT2D eigenvalue weighted by molar-refractivity contribution is 7.91. The molecule has 1 heterocycles. The van der Waals surface area contributed by atoms with Gasteiger partial charge in [0.2, 0.25) is 5.91 Å². The Labute approximate surface area is 126 Å². The number of benzene rings is 1. The lowest BCUT2D eigenvalue weighted by atomic mass is 10.0. The first-order chi connectivity index (χ1) is 9.92. The lowest BCUT2D eigenvalue weighted by Gasteiger charge is -2.26. The molecule has 2 rings (SSSR count). The summed E-state index contributed by atoms with van der Waals surface area (Å²) in [5.74, 6) is 0.175. The van der Waals surface area contributed by atoms with Gasteiger partial charge >= 0.3 is 0 Å². The van der Waals surface area contributed by atoms with Crippen molar-refractivity contribution >= 4 is 15.7 Å². The Morgan fingerprint density at radius 2 is 2.00 bits per heavy atom. The van der Waals surface area contributed by atoms with Gasteiger partial charge in [0.25, 0.3) is 0 Å². The molecule has 5 nitrogen and oxygen atoms in total. The summed E-state index contributed by atoms with van der Waals surface area (Å²) in [4.78, 5) is 11.9. The summed E-state index contributed by atoms with van der Waals surface area (Å²) in [6.07, 6.45) is 0.567. The summed E-state index contributed by atoms with van der Waals surface area (Å²) in [6.45, 7) is 4.87. The van der Waals surface area contributed by atoms with Crippen LogP contribution in [-0.2, 0) is 14.6 Å². The van der Waals surface area contributed by atoms with Crippen molar-refractivity contribution in [3.63, 3.8) is 0 Å². The van der Waals surface area contributed by atoms with E-state index in [0.717, 1.165) is 5.56 Å². The van der Waals surface area contributed by atoms with Gasteiger partial charge in [0.15, 0.2) is 9.84 Å². The summed E-state index contributed by atoms with van der Waals surface area (Å²) in [6, 6.07) is 7.16. The van der Waals surface area contributed by atoms with Crippen LogP contribution in [0.3, 0.4) is 0 Å². The number of carbonyl (C=O) groups excluding carboxylic acids is 1. The first-order valence-electron chi connectivity index (χ1n) is 7.24. The van der Waals surface area contributed by atoms with Crippen molar-refractivity contribution in [2.75, 3.05) is 18.8 Å². The Bertz CT molecular complexity index is 611. The van der Waals surface area contributed by atoms with Gasteiger partial charge in [0, 0.05) is 25.0 Å². The zero-order chi connectivity index (χ0) is 15.5. The molecule has 0 aliphatic carbocycles. The topological polar surface area (TPSA) is 75.3 Å². The van der Waals surface area contributed by atoms with Crippen molar-refractivity contribution in [1.29, 1.82) is 0 Å². The smallest absolute Gasteiger partial charge is 0.222 e. The first-order valence-corrected chi connectivity index (χ1v) is 8.90. The Balaban J connectivity index is 1.95. The third kappa shape index (κ3) is 3.83. The number of sulfone groups is 1. The van der Waals surface area contributed by atoms with Gasteiger partial charge in [-0.3, -0.25) is 4.79 Å². The van der Waals surface area contributed by atoms with Crippen LogP contribution in [0.4, 0.5) is 0 Å². The first kappa shape index (κ1) is 16.0. The Kier molecular flexibility index (Phi) is 5.00. The standard InChI is InChI=1S/C15H22N2O3S/c1-11(2)15(18)17-9-8-16-13-7-10-21(19,20)14-6-4-3-5-12(13)14/h3-6,11,13,16H,7-10H2,1-2H3,(H,17,18). The molecule has 1 unspecified atom stereocenters. The maximum Gasteiger partial charge on any atom is 0.222 e. The lowest BCUT2D eigenvalue weighted by molar-refractivity contribution is -0.123. The van der Waals surface area contributed by atoms with Crippen molar-refractivity contribution in [3.05, 3.63) is 29.8 Å². The molecule has 0 saturated heterocycles. The van der Waals surface area contributed by atoms with Crippen LogP contribution in [0.2, 0.25) is 0 Å². The maximum absolute atomic E-state index is 12.0. The number of nitrogens with one attached hydrogen (secondary N) is 2. The molecule has 0 saturated carbocycles. The van der Waals surface area contributed by atoms with E-state index < -0.39 is 9.84 Å². The molecule has 0 fully saturated rings. The third-order valence-electron chi connectivity index (χ3n) is 3.64. The van der Waals surface area contributed by atoms with Crippen LogP contribution in [0.1, 0.15) is 31.9 Å². The van der Waals surface area contributed by atoms with E-state index in [0.29, 0.717) is 24.4 Å². The zero-order valence-electron chi connectivity index (χ0n) is 12.4. The fourth-order valence-corrected chi connectivity index (χ4v) is 4.06. The molecular formula is C15H22N2O3S. The molecule has 1 aliphatic heterocycles. The molecule has 0 spiro atoms. The predicted octanol–water partition coefficient (Wildman–Crippen LogP) is 1.27. The minimum absolute atomic E-state index is 0.0226. The van der Waals surface area contributed by atoms with E-state index in [2.05, 4.69) is 10.6 Å². The van der Waals surface area contributed by atoms with E-state index in [4.69, 9.17) is 0 Å². The molecule has 1 aromatic rings. The Morgan fingerprint density at radius 3 is 2.71 bits per heavy atom. The van der Waals surface area contributed by atoms with Gasteiger partial charge < -0.3 is 10.6 Å². The van der Waals surface area contributed by atoms with Crippen LogP contribution < -0.4 is 10.6 Å². The number of amides is 1. The predicted molar refractivity (Wildman–Crippen MR) is 81.7 cm³/mol. The average Bonchev–Trinajstić information content (AvgIpc) is 2.45. The van der Waals surface area contributed by atoms with E-state index in [1.165, 1.54) is 0 Å². The summed E-state index contributed by atoms with van der Waals surface area (Å²) >= 11 is 0. The minimum atomic E-state index is -3.14. The van der Waals surface area contributed by atoms with Crippen LogP contribution in [0.25, 0.3) is 0 Å². The molecule has 1 atom stereocenters. The number of fused-ring (bicyclic) bond motifs is 1. The minimum Gasteiger partial charge on any atom is -0.355 e. The number of hydrogen-bond donors (Lipinski definition) is 2. The highest BCUT2D eigenvalue weighted by atomic mass is 32.2. The highest BCUT2D eigenvalue weighted by Crippen LogP contribution is 2.31. The second kappa shape index (κ2) is 6.58. The summed E-state index contributed by atoms with van der Waals surface area (Å²) in [7, 11) is -3.14. The van der Waals surface area contributed by atoms with Crippen LogP contribution in [0.15, 0.2) is 29.2 Å². The van der Waals surface area contributed by atoms with Gasteiger partial charge in [0.05, 0.1) is 10.6 Å². The van der Waals surface area contributed by atoms with Crippen LogP contribution in [0.5, 0.6) is 0 Å². The normalized spacial score (nSPS) is 20.0. The van der Waals surface area contributed by atoms with E-state index in [1.54, 1.807) is 12.1 Å². The van der Waals surface area contributed by atoms with Gasteiger partial charge in [-0.1, -0.05) is 32.0 Å². The van der Waals surface area contributed by atoms with E-state index >= 15 is 0 Å². The number of carbonyl (C=O) groups is 1. The summed E-state index contributed by atoms with van der Waals surface area (Å²) in [5, 5.41) is 6.17. The van der Waals surface area contributed by atoms with Crippen LogP contribution in [0, 0.1) is 5.92 Å². The van der Waals surface area contributed by atoms with Crippen LogP contribution >= 0.6 is 0 Å². The zero-order valence-corrected chi connectivity index (χ0v) is 13.2. The van der Waals surface area contributed by atoms with Crippen LogP contribution in [-0.4, -0.2) is 33.2 Å².